The number of ether oxygens (including phenoxy) is 1. The van der Waals surface area contributed by atoms with Crippen LogP contribution in [0, 0.1) is 6.92 Å². The van der Waals surface area contributed by atoms with Crippen LogP contribution in [0.15, 0.2) is 42.7 Å². The maximum Gasteiger partial charge on any atom is 0.247 e. The lowest BCUT2D eigenvalue weighted by atomic mass is 10.0. The third-order valence-corrected chi connectivity index (χ3v) is 4.64. The number of carbonyl (C=O) groups excluding carboxylic acids is 2. The Bertz CT molecular complexity index is 792. The van der Waals surface area contributed by atoms with Crippen LogP contribution in [0.1, 0.15) is 30.4 Å². The number of rotatable bonds is 5. The Labute approximate surface area is 153 Å². The first-order valence-electron chi connectivity index (χ1n) is 8.73. The van der Waals surface area contributed by atoms with E-state index in [4.69, 9.17) is 4.74 Å². The highest BCUT2D eigenvalue weighted by Crippen LogP contribution is 2.24. The number of pyridine rings is 1. The summed E-state index contributed by atoms with van der Waals surface area (Å²) in [6.07, 6.45) is 5.43. The minimum Gasteiger partial charge on any atom is -0.489 e. The summed E-state index contributed by atoms with van der Waals surface area (Å²) in [5, 5.41) is 2.94. The molecule has 6 nitrogen and oxygen atoms in total. The number of hydrogen-bond acceptors (Lipinski definition) is 4. The van der Waals surface area contributed by atoms with Crippen LogP contribution in [0.25, 0.3) is 0 Å². The predicted octanol–water partition coefficient (Wildman–Crippen LogP) is 2.92. The van der Waals surface area contributed by atoms with Crippen molar-refractivity contribution >= 4 is 17.5 Å². The molecular weight excluding hydrogens is 330 g/mol. The first-order valence-corrected chi connectivity index (χ1v) is 8.73. The molecule has 0 saturated carbocycles. The number of amides is 2. The van der Waals surface area contributed by atoms with E-state index in [1.54, 1.807) is 24.3 Å². The van der Waals surface area contributed by atoms with Crippen LogP contribution in [0.2, 0.25) is 0 Å². The molecule has 1 aliphatic rings. The first kappa shape index (κ1) is 17.9. The Balaban J connectivity index is 1.62. The zero-order chi connectivity index (χ0) is 18.5. The molecule has 2 amide bonds. The summed E-state index contributed by atoms with van der Waals surface area (Å²) in [4.78, 5) is 29.8. The van der Waals surface area contributed by atoms with Gasteiger partial charge < -0.3 is 15.0 Å². The quantitative estimate of drug-likeness (QED) is 0.897. The summed E-state index contributed by atoms with van der Waals surface area (Å²) in [6, 6.07) is 8.97. The summed E-state index contributed by atoms with van der Waals surface area (Å²) < 4.78 is 5.79. The van der Waals surface area contributed by atoms with Crippen LogP contribution in [-0.2, 0) is 16.2 Å². The van der Waals surface area contributed by atoms with Gasteiger partial charge in [-0.3, -0.25) is 14.6 Å². The van der Waals surface area contributed by atoms with E-state index in [1.165, 1.54) is 0 Å². The maximum absolute atomic E-state index is 12.5. The standard InChI is InChI=1S/C20H23N3O3/c1-14-12-16(26-13-15-8-10-21-11-9-15)6-7-17(14)22-20(25)18-4-3-5-19(24)23(18)2/h6-12,18H,3-5,13H2,1-2H3,(H,22,25). The van der Waals surface area contributed by atoms with E-state index in [0.29, 0.717) is 19.4 Å². The number of likely N-dealkylation sites (N-methyl/N-ethyl adjacent to an activating group) is 1. The second kappa shape index (κ2) is 7.99. The Morgan fingerprint density at radius 3 is 2.81 bits per heavy atom. The Kier molecular flexibility index (Phi) is 5.51. The van der Waals surface area contributed by atoms with Gasteiger partial charge in [-0.15, -0.1) is 0 Å². The van der Waals surface area contributed by atoms with Crippen LogP contribution in [0.3, 0.4) is 0 Å². The van der Waals surface area contributed by atoms with Crippen molar-refractivity contribution in [2.75, 3.05) is 12.4 Å². The maximum atomic E-state index is 12.5. The molecule has 1 unspecified atom stereocenters. The van der Waals surface area contributed by atoms with Gasteiger partial charge in [0.1, 0.15) is 18.4 Å². The number of hydrogen-bond donors (Lipinski definition) is 1. The smallest absolute Gasteiger partial charge is 0.247 e. The van der Waals surface area contributed by atoms with Crippen molar-refractivity contribution in [3.63, 3.8) is 0 Å². The number of aryl methyl sites for hydroxylation is 1. The number of likely N-dealkylation sites (tertiary alicyclic amines) is 1. The molecule has 1 aliphatic heterocycles. The Morgan fingerprint density at radius 1 is 1.31 bits per heavy atom. The molecule has 0 bridgehead atoms. The van der Waals surface area contributed by atoms with Crippen LogP contribution >= 0.6 is 0 Å². The van der Waals surface area contributed by atoms with Gasteiger partial charge >= 0.3 is 0 Å². The number of nitrogens with zero attached hydrogens (tertiary/aromatic N) is 2. The minimum absolute atomic E-state index is 0.0213. The van der Waals surface area contributed by atoms with E-state index >= 15 is 0 Å². The van der Waals surface area contributed by atoms with E-state index < -0.39 is 6.04 Å². The predicted molar refractivity (Wildman–Crippen MR) is 98.8 cm³/mol. The number of anilines is 1. The average Bonchev–Trinajstić information content (AvgIpc) is 2.65. The molecule has 0 aliphatic carbocycles. The monoisotopic (exact) mass is 353 g/mol. The third-order valence-electron chi connectivity index (χ3n) is 4.64. The summed E-state index contributed by atoms with van der Waals surface area (Å²) in [5.41, 5.74) is 2.69. The number of nitrogens with one attached hydrogen (secondary N) is 1. The first-order chi connectivity index (χ1) is 12.5. The lowest BCUT2D eigenvalue weighted by Gasteiger charge is -2.31. The third kappa shape index (κ3) is 4.20. The van der Waals surface area contributed by atoms with Gasteiger partial charge in [-0.2, -0.15) is 0 Å². The highest BCUT2D eigenvalue weighted by atomic mass is 16.5. The van der Waals surface area contributed by atoms with Crippen molar-refractivity contribution < 1.29 is 14.3 Å². The molecule has 136 valence electrons. The lowest BCUT2D eigenvalue weighted by Crippen LogP contribution is -2.47. The van der Waals surface area contributed by atoms with Crippen LogP contribution < -0.4 is 10.1 Å². The highest BCUT2D eigenvalue weighted by Gasteiger charge is 2.30. The van der Waals surface area contributed by atoms with Crippen LogP contribution in [0.4, 0.5) is 5.69 Å². The van der Waals surface area contributed by atoms with E-state index in [0.717, 1.165) is 29.0 Å². The van der Waals surface area contributed by atoms with Gasteiger partial charge in [-0.1, -0.05) is 0 Å². The van der Waals surface area contributed by atoms with E-state index in [9.17, 15) is 9.59 Å². The van der Waals surface area contributed by atoms with Crippen LogP contribution in [0.5, 0.6) is 5.75 Å². The summed E-state index contributed by atoms with van der Waals surface area (Å²) in [5.74, 6) is 0.615. The Hall–Kier alpha value is -2.89. The van der Waals surface area contributed by atoms with Gasteiger partial charge in [0.05, 0.1) is 0 Å². The van der Waals surface area contributed by atoms with Gasteiger partial charge in [0.15, 0.2) is 0 Å². The molecular formula is C20H23N3O3. The fraction of sp³-hybridized carbons (Fsp3) is 0.350. The topological polar surface area (TPSA) is 71.5 Å². The van der Waals surface area contributed by atoms with Crippen molar-refractivity contribution in [1.82, 2.24) is 9.88 Å². The van der Waals surface area contributed by atoms with Crippen molar-refractivity contribution in [1.29, 1.82) is 0 Å². The second-order valence-electron chi connectivity index (χ2n) is 6.52. The highest BCUT2D eigenvalue weighted by molar-refractivity contribution is 5.98. The lowest BCUT2D eigenvalue weighted by molar-refractivity contribution is -0.140. The molecule has 1 atom stereocenters. The van der Waals surface area contributed by atoms with Gasteiger partial charge in [0.2, 0.25) is 11.8 Å². The second-order valence-corrected chi connectivity index (χ2v) is 6.52. The fourth-order valence-corrected chi connectivity index (χ4v) is 3.03. The number of carbonyl (C=O) groups is 2. The molecule has 1 N–H and O–H groups in total. The van der Waals surface area contributed by atoms with Crippen LogP contribution in [-0.4, -0.2) is 34.8 Å². The summed E-state index contributed by atoms with van der Waals surface area (Å²) >= 11 is 0. The van der Waals surface area contributed by atoms with Crippen molar-refractivity contribution in [3.8, 4) is 5.75 Å². The molecule has 1 aromatic carbocycles. The van der Waals surface area contributed by atoms with Gasteiger partial charge in [-0.25, -0.2) is 0 Å². The number of benzene rings is 1. The fourth-order valence-electron chi connectivity index (χ4n) is 3.03. The minimum atomic E-state index is -0.404. The molecule has 26 heavy (non-hydrogen) atoms. The van der Waals surface area contributed by atoms with Crippen molar-refractivity contribution in [2.45, 2.75) is 38.8 Å². The molecule has 1 fully saturated rings. The molecule has 6 heteroatoms. The SMILES string of the molecule is Cc1cc(OCc2ccncc2)ccc1NC(=O)C1CCCC(=O)N1C. The number of aromatic nitrogens is 1. The molecule has 2 heterocycles. The average molecular weight is 353 g/mol. The molecule has 3 rings (SSSR count). The summed E-state index contributed by atoms with van der Waals surface area (Å²) in [6.45, 7) is 2.38. The molecule has 1 saturated heterocycles. The number of piperidine rings is 1. The zero-order valence-electron chi connectivity index (χ0n) is 15.1. The van der Waals surface area contributed by atoms with Crippen molar-refractivity contribution in [2.24, 2.45) is 0 Å². The van der Waals surface area contributed by atoms with E-state index in [1.807, 2.05) is 37.3 Å². The van der Waals surface area contributed by atoms with E-state index in [-0.39, 0.29) is 11.8 Å². The molecule has 2 aromatic rings. The van der Waals surface area contributed by atoms with E-state index in [2.05, 4.69) is 10.3 Å². The summed E-state index contributed by atoms with van der Waals surface area (Å²) in [7, 11) is 1.69. The van der Waals surface area contributed by atoms with Gasteiger partial charge in [0, 0.05) is 31.5 Å². The zero-order valence-corrected chi connectivity index (χ0v) is 15.1. The Morgan fingerprint density at radius 2 is 2.08 bits per heavy atom. The van der Waals surface area contributed by atoms with Gasteiger partial charge in [0.25, 0.3) is 0 Å². The molecule has 0 radical (unpaired) electrons. The molecule has 0 spiro atoms. The van der Waals surface area contributed by atoms with Crippen molar-refractivity contribution in [3.05, 3.63) is 53.9 Å². The molecule has 1 aromatic heterocycles. The normalized spacial score (nSPS) is 17.1. The van der Waals surface area contributed by atoms with Gasteiger partial charge in [-0.05, 0) is 61.2 Å². The largest absolute Gasteiger partial charge is 0.489 e.